The number of carbonyl (C=O) groups excluding carboxylic acids is 2. The van der Waals surface area contributed by atoms with Crippen LogP contribution in [-0.4, -0.2) is 28.8 Å². The molecule has 148 valence electrons. The number of hydrogen-bond donors (Lipinski definition) is 0. The number of para-hydroxylation sites is 1. The highest BCUT2D eigenvalue weighted by Crippen LogP contribution is 2.38. The SMILES string of the molecule is COC(=O)C1=C(C)N([C@H](C)c2ccccc2)C(=O)/C1=C\c1ccccc1[N+](=O)[O-]. The van der Waals surface area contributed by atoms with E-state index in [1.54, 1.807) is 19.1 Å². The third-order valence-corrected chi connectivity index (χ3v) is 4.93. The zero-order valence-electron chi connectivity index (χ0n) is 16.3. The number of ether oxygens (including phenoxy) is 1. The van der Waals surface area contributed by atoms with Crippen LogP contribution < -0.4 is 0 Å². The molecule has 7 nitrogen and oxygen atoms in total. The number of nitro benzene ring substituents is 1. The smallest absolute Gasteiger partial charge is 0.340 e. The van der Waals surface area contributed by atoms with Crippen molar-refractivity contribution in [2.45, 2.75) is 19.9 Å². The number of rotatable bonds is 5. The van der Waals surface area contributed by atoms with Crippen molar-refractivity contribution >= 4 is 23.6 Å². The third kappa shape index (κ3) is 3.67. The lowest BCUT2D eigenvalue weighted by Gasteiger charge is -2.26. The molecule has 0 spiro atoms. The average molecular weight is 392 g/mol. The molecule has 1 atom stereocenters. The lowest BCUT2D eigenvalue weighted by Crippen LogP contribution is -2.28. The molecule has 1 amide bonds. The second kappa shape index (κ2) is 8.10. The Morgan fingerprint density at radius 1 is 1.14 bits per heavy atom. The quantitative estimate of drug-likeness (QED) is 0.332. The molecule has 0 fully saturated rings. The Labute approximate surface area is 168 Å². The molecule has 3 rings (SSSR count). The summed E-state index contributed by atoms with van der Waals surface area (Å²) in [5.74, 6) is -1.07. The second-order valence-corrected chi connectivity index (χ2v) is 6.59. The largest absolute Gasteiger partial charge is 0.465 e. The van der Waals surface area contributed by atoms with Gasteiger partial charge in [0.15, 0.2) is 0 Å². The van der Waals surface area contributed by atoms with Crippen LogP contribution in [-0.2, 0) is 14.3 Å². The van der Waals surface area contributed by atoms with Crippen molar-refractivity contribution in [3.63, 3.8) is 0 Å². The van der Waals surface area contributed by atoms with Crippen LogP contribution >= 0.6 is 0 Å². The van der Waals surface area contributed by atoms with Crippen molar-refractivity contribution in [1.29, 1.82) is 0 Å². The fraction of sp³-hybridized carbons (Fsp3) is 0.182. The van der Waals surface area contributed by atoms with E-state index in [4.69, 9.17) is 4.74 Å². The number of hydrogen-bond acceptors (Lipinski definition) is 5. The van der Waals surface area contributed by atoms with E-state index in [1.165, 1.54) is 30.2 Å². The van der Waals surface area contributed by atoms with Crippen LogP contribution in [0.5, 0.6) is 0 Å². The van der Waals surface area contributed by atoms with Crippen molar-refractivity contribution in [1.82, 2.24) is 4.90 Å². The summed E-state index contributed by atoms with van der Waals surface area (Å²) < 4.78 is 4.88. The predicted molar refractivity (Wildman–Crippen MR) is 107 cm³/mol. The van der Waals surface area contributed by atoms with Crippen LogP contribution in [0.1, 0.15) is 31.0 Å². The van der Waals surface area contributed by atoms with Crippen molar-refractivity contribution in [2.24, 2.45) is 0 Å². The topological polar surface area (TPSA) is 89.8 Å². The fourth-order valence-electron chi connectivity index (χ4n) is 3.48. The normalized spacial score (nSPS) is 16.3. The number of amides is 1. The van der Waals surface area contributed by atoms with Crippen LogP contribution in [0.4, 0.5) is 5.69 Å². The lowest BCUT2D eigenvalue weighted by molar-refractivity contribution is -0.385. The second-order valence-electron chi connectivity index (χ2n) is 6.59. The molecule has 7 heteroatoms. The Kier molecular flexibility index (Phi) is 5.59. The first-order valence-corrected chi connectivity index (χ1v) is 9.00. The standard InChI is InChI=1S/C22H20N2O5/c1-14(16-9-5-4-6-10-16)23-15(2)20(22(26)29-3)18(21(23)25)13-17-11-7-8-12-19(17)24(27)28/h4-14H,1-3H3/b18-13-/t14-/m1/s1. The van der Waals surface area contributed by atoms with E-state index in [0.717, 1.165) is 5.56 Å². The highest BCUT2D eigenvalue weighted by Gasteiger charge is 2.39. The van der Waals surface area contributed by atoms with Crippen LogP contribution in [0.3, 0.4) is 0 Å². The Hall–Kier alpha value is -3.74. The summed E-state index contributed by atoms with van der Waals surface area (Å²) in [5.41, 5.74) is 1.62. The number of allylic oxidation sites excluding steroid dienone is 1. The van der Waals surface area contributed by atoms with Gasteiger partial charge in [-0.25, -0.2) is 4.79 Å². The first kappa shape index (κ1) is 20.0. The molecule has 2 aromatic rings. The maximum Gasteiger partial charge on any atom is 0.340 e. The van der Waals surface area contributed by atoms with E-state index in [2.05, 4.69) is 0 Å². The molecule has 0 aromatic heterocycles. The van der Waals surface area contributed by atoms with Gasteiger partial charge >= 0.3 is 5.97 Å². The van der Waals surface area contributed by atoms with Gasteiger partial charge in [0.25, 0.3) is 11.6 Å². The summed E-state index contributed by atoms with van der Waals surface area (Å²) in [6.07, 6.45) is 1.38. The van der Waals surface area contributed by atoms with Gasteiger partial charge in [0.2, 0.25) is 0 Å². The number of esters is 1. The van der Waals surface area contributed by atoms with E-state index in [-0.39, 0.29) is 28.4 Å². The number of carbonyl (C=O) groups is 2. The van der Waals surface area contributed by atoms with Crippen molar-refractivity contribution < 1.29 is 19.2 Å². The summed E-state index contributed by atoms with van der Waals surface area (Å²) in [7, 11) is 1.24. The number of nitrogens with zero attached hydrogens (tertiary/aromatic N) is 2. The lowest BCUT2D eigenvalue weighted by atomic mass is 10.0. The van der Waals surface area contributed by atoms with Crippen LogP contribution in [0.25, 0.3) is 6.08 Å². The molecule has 0 saturated carbocycles. The van der Waals surface area contributed by atoms with Gasteiger partial charge in [-0.05, 0) is 31.6 Å². The van der Waals surface area contributed by atoms with Crippen LogP contribution in [0, 0.1) is 10.1 Å². The van der Waals surface area contributed by atoms with Gasteiger partial charge in [-0.1, -0.05) is 42.5 Å². The molecular weight excluding hydrogens is 372 g/mol. The molecule has 29 heavy (non-hydrogen) atoms. The van der Waals surface area contributed by atoms with Crippen molar-refractivity contribution in [3.05, 3.63) is 92.7 Å². The molecule has 0 saturated heterocycles. The van der Waals surface area contributed by atoms with Gasteiger partial charge in [0, 0.05) is 11.8 Å². The minimum atomic E-state index is -0.663. The molecule has 1 aliphatic rings. The zero-order chi connectivity index (χ0) is 21.1. The number of methoxy groups -OCH3 is 1. The molecule has 0 radical (unpaired) electrons. The molecule has 0 N–H and O–H groups in total. The molecule has 1 aliphatic heterocycles. The highest BCUT2D eigenvalue weighted by atomic mass is 16.6. The van der Waals surface area contributed by atoms with E-state index in [9.17, 15) is 19.7 Å². The van der Waals surface area contributed by atoms with Crippen LogP contribution in [0.2, 0.25) is 0 Å². The maximum atomic E-state index is 13.3. The Balaban J connectivity index is 2.14. The van der Waals surface area contributed by atoms with Crippen molar-refractivity contribution in [2.75, 3.05) is 7.11 Å². The minimum Gasteiger partial charge on any atom is -0.465 e. The van der Waals surface area contributed by atoms with E-state index in [0.29, 0.717) is 5.70 Å². The molecule has 1 heterocycles. The van der Waals surface area contributed by atoms with E-state index >= 15 is 0 Å². The molecule has 0 unspecified atom stereocenters. The fourth-order valence-corrected chi connectivity index (χ4v) is 3.48. The van der Waals surface area contributed by atoms with Crippen LogP contribution in [0.15, 0.2) is 71.4 Å². The number of benzene rings is 2. The predicted octanol–water partition coefficient (Wildman–Crippen LogP) is 4.03. The monoisotopic (exact) mass is 392 g/mol. The van der Waals surface area contributed by atoms with E-state index in [1.807, 2.05) is 37.3 Å². The minimum absolute atomic E-state index is 0.0754. The molecule has 2 aromatic carbocycles. The zero-order valence-corrected chi connectivity index (χ0v) is 16.3. The first-order valence-electron chi connectivity index (χ1n) is 9.00. The Bertz CT molecular complexity index is 1040. The summed E-state index contributed by atoms with van der Waals surface area (Å²) in [6, 6.07) is 15.1. The number of nitro groups is 1. The highest BCUT2D eigenvalue weighted by molar-refractivity contribution is 6.16. The summed E-state index contributed by atoms with van der Waals surface area (Å²) in [6.45, 7) is 3.53. The van der Waals surface area contributed by atoms with Gasteiger partial charge in [-0.3, -0.25) is 14.9 Å². The maximum absolute atomic E-state index is 13.3. The molecule has 0 aliphatic carbocycles. The summed E-state index contributed by atoms with van der Waals surface area (Å²) in [5, 5.41) is 11.3. The van der Waals surface area contributed by atoms with Gasteiger partial charge in [0.1, 0.15) is 0 Å². The van der Waals surface area contributed by atoms with Gasteiger partial charge in [0.05, 0.1) is 34.8 Å². The van der Waals surface area contributed by atoms with Crippen molar-refractivity contribution in [3.8, 4) is 0 Å². The Morgan fingerprint density at radius 2 is 1.76 bits per heavy atom. The Morgan fingerprint density at radius 3 is 2.38 bits per heavy atom. The third-order valence-electron chi connectivity index (χ3n) is 4.93. The molecular formula is C22H20N2O5. The van der Waals surface area contributed by atoms with Gasteiger partial charge in [-0.15, -0.1) is 0 Å². The van der Waals surface area contributed by atoms with E-state index < -0.39 is 16.8 Å². The first-order chi connectivity index (χ1) is 13.9. The molecule has 0 bridgehead atoms. The van der Waals surface area contributed by atoms with Gasteiger partial charge in [-0.2, -0.15) is 0 Å². The summed E-state index contributed by atoms with van der Waals surface area (Å²) >= 11 is 0. The average Bonchev–Trinajstić information content (AvgIpc) is 2.97. The summed E-state index contributed by atoms with van der Waals surface area (Å²) in [4.78, 5) is 38.1. The van der Waals surface area contributed by atoms with Gasteiger partial charge < -0.3 is 9.64 Å².